The van der Waals surface area contributed by atoms with Crippen molar-refractivity contribution in [2.24, 2.45) is 17.8 Å². The second kappa shape index (κ2) is 8.25. The van der Waals surface area contributed by atoms with E-state index in [1.165, 1.54) is 6.42 Å². The molecule has 5 heteroatoms. The lowest BCUT2D eigenvalue weighted by atomic mass is 9.92. The zero-order valence-electron chi connectivity index (χ0n) is 13.8. The van der Waals surface area contributed by atoms with E-state index >= 15 is 0 Å². The van der Waals surface area contributed by atoms with Crippen molar-refractivity contribution in [1.82, 2.24) is 10.2 Å². The number of piperidine rings is 1. The number of likely N-dealkylation sites (tertiary alicyclic amines) is 1. The summed E-state index contributed by atoms with van der Waals surface area (Å²) in [5.74, 6) is 0.0668. The maximum absolute atomic E-state index is 12.2. The summed E-state index contributed by atoms with van der Waals surface area (Å²) in [4.78, 5) is 24.9. The molecule has 1 aliphatic rings. The highest BCUT2D eigenvalue weighted by Crippen LogP contribution is 2.21. The topological polar surface area (TPSA) is 69.6 Å². The van der Waals surface area contributed by atoms with Crippen LogP contribution in [-0.2, 0) is 4.79 Å². The first-order chi connectivity index (χ1) is 9.79. The minimum atomic E-state index is -0.747. The number of rotatable bonds is 6. The van der Waals surface area contributed by atoms with Crippen LogP contribution in [0.15, 0.2) is 0 Å². The first-order valence-corrected chi connectivity index (χ1v) is 8.07. The van der Waals surface area contributed by atoms with Gasteiger partial charge in [0.05, 0.1) is 5.92 Å². The van der Waals surface area contributed by atoms with Gasteiger partial charge in [-0.15, -0.1) is 0 Å². The Hall–Kier alpha value is -1.26. The van der Waals surface area contributed by atoms with Gasteiger partial charge in [-0.25, -0.2) is 4.79 Å². The number of hydrogen-bond donors (Lipinski definition) is 2. The van der Waals surface area contributed by atoms with E-state index in [-0.39, 0.29) is 18.0 Å². The van der Waals surface area contributed by atoms with Gasteiger partial charge in [-0.2, -0.15) is 0 Å². The highest BCUT2D eigenvalue weighted by molar-refractivity contribution is 5.74. The predicted octanol–water partition coefficient (Wildman–Crippen LogP) is 2.95. The third kappa shape index (κ3) is 6.36. The third-order valence-corrected chi connectivity index (χ3v) is 4.22. The van der Waals surface area contributed by atoms with Crippen LogP contribution in [0, 0.1) is 17.8 Å². The molecular formula is C16H30N2O3. The molecule has 0 aromatic rings. The molecule has 0 aliphatic carbocycles. The molecular weight excluding hydrogens is 268 g/mol. The normalized spacial score (nSPS) is 25.2. The smallest absolute Gasteiger partial charge is 0.317 e. The molecule has 5 nitrogen and oxygen atoms in total. The number of carbonyl (C=O) groups is 2. The molecule has 0 radical (unpaired) electrons. The van der Waals surface area contributed by atoms with Crippen molar-refractivity contribution in [2.45, 2.75) is 59.4 Å². The molecule has 0 aromatic carbocycles. The summed E-state index contributed by atoms with van der Waals surface area (Å²) >= 11 is 0. The Bertz CT molecular complexity index is 349. The minimum absolute atomic E-state index is 0.0205. The van der Waals surface area contributed by atoms with E-state index in [4.69, 9.17) is 5.11 Å². The van der Waals surface area contributed by atoms with Crippen molar-refractivity contribution in [3.63, 3.8) is 0 Å². The lowest BCUT2D eigenvalue weighted by Crippen LogP contribution is -2.49. The second-order valence-electron chi connectivity index (χ2n) is 6.87. The molecule has 1 aliphatic heterocycles. The van der Waals surface area contributed by atoms with Gasteiger partial charge in [-0.3, -0.25) is 4.79 Å². The summed E-state index contributed by atoms with van der Waals surface area (Å²) in [5.41, 5.74) is 0. The van der Waals surface area contributed by atoms with E-state index in [0.717, 1.165) is 25.9 Å². The SMILES string of the molecule is CC1CC(C)CN(C(=O)NC(C)CCCC(C)C(=O)O)C1. The number of carbonyl (C=O) groups excluding carboxylic acids is 1. The van der Waals surface area contributed by atoms with Crippen LogP contribution in [-0.4, -0.2) is 41.1 Å². The average Bonchev–Trinajstić information content (AvgIpc) is 2.37. The molecule has 0 bridgehead atoms. The molecule has 1 rings (SSSR count). The zero-order valence-corrected chi connectivity index (χ0v) is 13.8. The Morgan fingerprint density at radius 3 is 2.29 bits per heavy atom. The van der Waals surface area contributed by atoms with E-state index in [2.05, 4.69) is 19.2 Å². The van der Waals surface area contributed by atoms with Crippen LogP contribution in [0.4, 0.5) is 4.79 Å². The fourth-order valence-electron chi connectivity index (χ4n) is 3.06. The molecule has 21 heavy (non-hydrogen) atoms. The van der Waals surface area contributed by atoms with Gasteiger partial charge >= 0.3 is 12.0 Å². The monoisotopic (exact) mass is 298 g/mol. The minimum Gasteiger partial charge on any atom is -0.481 e. The lowest BCUT2D eigenvalue weighted by molar-refractivity contribution is -0.141. The van der Waals surface area contributed by atoms with Gasteiger partial charge in [0, 0.05) is 19.1 Å². The largest absolute Gasteiger partial charge is 0.481 e. The zero-order chi connectivity index (χ0) is 16.0. The van der Waals surface area contributed by atoms with Gasteiger partial charge in [0.25, 0.3) is 0 Å². The molecule has 0 spiro atoms. The van der Waals surface area contributed by atoms with Gasteiger partial charge in [-0.05, 0) is 38.0 Å². The van der Waals surface area contributed by atoms with Gasteiger partial charge in [0.2, 0.25) is 0 Å². The van der Waals surface area contributed by atoms with Crippen LogP contribution >= 0.6 is 0 Å². The maximum atomic E-state index is 12.2. The van der Waals surface area contributed by atoms with Crippen molar-refractivity contribution in [3.8, 4) is 0 Å². The van der Waals surface area contributed by atoms with E-state index < -0.39 is 5.97 Å². The highest BCUT2D eigenvalue weighted by atomic mass is 16.4. The summed E-state index contributed by atoms with van der Waals surface area (Å²) in [6.07, 6.45) is 3.49. The Labute approximate surface area is 128 Å². The van der Waals surface area contributed by atoms with E-state index in [0.29, 0.717) is 18.3 Å². The standard InChI is InChI=1S/C16H30N2O3/c1-11-8-12(2)10-18(9-11)16(21)17-14(4)7-5-6-13(3)15(19)20/h11-14H,5-10H2,1-4H3,(H,17,21)(H,19,20). The number of nitrogens with one attached hydrogen (secondary N) is 1. The van der Waals surface area contributed by atoms with E-state index in [1.54, 1.807) is 6.92 Å². The van der Waals surface area contributed by atoms with Gasteiger partial charge in [-0.1, -0.05) is 27.2 Å². The summed E-state index contributed by atoms with van der Waals surface area (Å²) in [7, 11) is 0. The van der Waals surface area contributed by atoms with Crippen molar-refractivity contribution in [1.29, 1.82) is 0 Å². The molecule has 1 fully saturated rings. The Morgan fingerprint density at radius 1 is 1.19 bits per heavy atom. The molecule has 1 saturated heterocycles. The number of carboxylic acid groups (broad SMARTS) is 1. The number of nitrogens with zero attached hydrogens (tertiary/aromatic N) is 1. The van der Waals surface area contributed by atoms with Gasteiger partial charge < -0.3 is 15.3 Å². The van der Waals surface area contributed by atoms with Gasteiger partial charge in [0.15, 0.2) is 0 Å². The first kappa shape index (κ1) is 17.8. The number of amides is 2. The number of hydrogen-bond acceptors (Lipinski definition) is 2. The van der Waals surface area contributed by atoms with Crippen LogP contribution in [0.1, 0.15) is 53.4 Å². The molecule has 4 unspecified atom stereocenters. The van der Waals surface area contributed by atoms with Crippen molar-refractivity contribution >= 4 is 12.0 Å². The predicted molar refractivity (Wildman–Crippen MR) is 83.2 cm³/mol. The Morgan fingerprint density at radius 2 is 1.76 bits per heavy atom. The maximum Gasteiger partial charge on any atom is 0.317 e. The number of carboxylic acids is 1. The van der Waals surface area contributed by atoms with Crippen LogP contribution in [0.5, 0.6) is 0 Å². The average molecular weight is 298 g/mol. The van der Waals surface area contributed by atoms with Crippen LogP contribution < -0.4 is 5.32 Å². The van der Waals surface area contributed by atoms with E-state index in [1.807, 2.05) is 11.8 Å². The quantitative estimate of drug-likeness (QED) is 0.792. The fourth-order valence-corrected chi connectivity index (χ4v) is 3.06. The lowest BCUT2D eigenvalue weighted by Gasteiger charge is -2.35. The Balaban J connectivity index is 2.28. The summed E-state index contributed by atoms with van der Waals surface area (Å²) in [5, 5.41) is 11.9. The molecule has 2 amide bonds. The summed E-state index contributed by atoms with van der Waals surface area (Å²) < 4.78 is 0. The second-order valence-corrected chi connectivity index (χ2v) is 6.87. The van der Waals surface area contributed by atoms with Crippen molar-refractivity contribution < 1.29 is 14.7 Å². The summed E-state index contributed by atoms with van der Waals surface area (Å²) in [6, 6.07) is 0.109. The number of aliphatic carboxylic acids is 1. The summed E-state index contributed by atoms with van der Waals surface area (Å²) in [6.45, 7) is 9.75. The first-order valence-electron chi connectivity index (χ1n) is 8.07. The van der Waals surface area contributed by atoms with Crippen molar-refractivity contribution in [3.05, 3.63) is 0 Å². The molecule has 0 aromatic heterocycles. The molecule has 4 atom stereocenters. The van der Waals surface area contributed by atoms with E-state index in [9.17, 15) is 9.59 Å². The number of urea groups is 1. The third-order valence-electron chi connectivity index (χ3n) is 4.22. The van der Waals surface area contributed by atoms with Crippen molar-refractivity contribution in [2.75, 3.05) is 13.1 Å². The van der Waals surface area contributed by atoms with Crippen LogP contribution in [0.25, 0.3) is 0 Å². The fraction of sp³-hybridized carbons (Fsp3) is 0.875. The molecule has 1 heterocycles. The Kier molecular flexibility index (Phi) is 6.99. The highest BCUT2D eigenvalue weighted by Gasteiger charge is 2.25. The van der Waals surface area contributed by atoms with Crippen LogP contribution in [0.3, 0.4) is 0 Å². The van der Waals surface area contributed by atoms with Gasteiger partial charge in [0.1, 0.15) is 0 Å². The molecule has 122 valence electrons. The van der Waals surface area contributed by atoms with Crippen LogP contribution in [0.2, 0.25) is 0 Å². The molecule has 0 saturated carbocycles. The molecule has 2 N–H and O–H groups in total.